The van der Waals surface area contributed by atoms with Crippen molar-refractivity contribution in [3.05, 3.63) is 60.2 Å². The highest BCUT2D eigenvalue weighted by Gasteiger charge is 2.03. The molecule has 0 amide bonds. The second kappa shape index (κ2) is 5.77. The van der Waals surface area contributed by atoms with E-state index in [9.17, 15) is 0 Å². The van der Waals surface area contributed by atoms with Crippen LogP contribution in [0.1, 0.15) is 12.0 Å². The van der Waals surface area contributed by atoms with Crippen molar-refractivity contribution in [3.63, 3.8) is 0 Å². The average molecular weight is 222 g/mol. The monoisotopic (exact) mass is 222 g/mol. The molecule has 2 aromatic rings. The van der Waals surface area contributed by atoms with Crippen molar-refractivity contribution in [2.24, 2.45) is 0 Å². The number of terminal acetylenes is 1. The minimum atomic E-state index is 0.731. The first-order chi connectivity index (χ1) is 8.40. The first-order valence-electron chi connectivity index (χ1n) is 5.64. The molecule has 0 heterocycles. The van der Waals surface area contributed by atoms with Gasteiger partial charge in [0.25, 0.3) is 0 Å². The van der Waals surface area contributed by atoms with E-state index in [0.29, 0.717) is 0 Å². The number of benzene rings is 2. The molecule has 0 N–H and O–H groups in total. The SMILES string of the molecule is C#CCCc1ccccc1Oc1ccccc1. The summed E-state index contributed by atoms with van der Waals surface area (Å²) in [5.74, 6) is 4.38. The molecule has 2 aromatic carbocycles. The molecule has 1 heteroatoms. The van der Waals surface area contributed by atoms with Crippen molar-refractivity contribution in [2.45, 2.75) is 12.8 Å². The lowest BCUT2D eigenvalue weighted by atomic mass is 10.1. The average Bonchev–Trinajstić information content (AvgIpc) is 2.39. The molecule has 0 fully saturated rings. The maximum atomic E-state index is 5.84. The number of para-hydroxylation sites is 2. The summed E-state index contributed by atoms with van der Waals surface area (Å²) < 4.78 is 5.84. The van der Waals surface area contributed by atoms with Crippen LogP contribution in [0.4, 0.5) is 0 Å². The van der Waals surface area contributed by atoms with Crippen molar-refractivity contribution in [2.75, 3.05) is 0 Å². The Morgan fingerprint density at radius 3 is 2.41 bits per heavy atom. The number of ether oxygens (including phenoxy) is 1. The van der Waals surface area contributed by atoms with E-state index < -0.39 is 0 Å². The van der Waals surface area contributed by atoms with Gasteiger partial charge in [0.15, 0.2) is 0 Å². The summed E-state index contributed by atoms with van der Waals surface area (Å²) >= 11 is 0. The summed E-state index contributed by atoms with van der Waals surface area (Å²) in [6.45, 7) is 0. The zero-order valence-electron chi connectivity index (χ0n) is 9.60. The molecular weight excluding hydrogens is 208 g/mol. The van der Waals surface area contributed by atoms with Gasteiger partial charge in [-0.15, -0.1) is 12.3 Å². The van der Waals surface area contributed by atoms with E-state index in [1.165, 1.54) is 0 Å². The Labute approximate surface area is 102 Å². The number of aryl methyl sites for hydroxylation is 1. The van der Waals surface area contributed by atoms with Gasteiger partial charge in [0.2, 0.25) is 0 Å². The van der Waals surface area contributed by atoms with E-state index >= 15 is 0 Å². The summed E-state index contributed by atoms with van der Waals surface area (Å²) in [4.78, 5) is 0. The van der Waals surface area contributed by atoms with Crippen LogP contribution in [0.25, 0.3) is 0 Å². The Morgan fingerprint density at radius 1 is 0.941 bits per heavy atom. The third-order valence-electron chi connectivity index (χ3n) is 2.48. The van der Waals surface area contributed by atoms with Crippen LogP contribution in [0.2, 0.25) is 0 Å². The van der Waals surface area contributed by atoms with Gasteiger partial charge < -0.3 is 4.74 Å². The fourth-order valence-corrected chi connectivity index (χ4v) is 1.63. The molecule has 0 atom stereocenters. The fraction of sp³-hybridized carbons (Fsp3) is 0.125. The van der Waals surface area contributed by atoms with Gasteiger partial charge in [-0.25, -0.2) is 0 Å². The normalized spacial score (nSPS) is 9.59. The summed E-state index contributed by atoms with van der Waals surface area (Å²) in [7, 11) is 0. The molecule has 17 heavy (non-hydrogen) atoms. The third-order valence-corrected chi connectivity index (χ3v) is 2.48. The van der Waals surface area contributed by atoms with Crippen LogP contribution in [0, 0.1) is 12.3 Å². The maximum Gasteiger partial charge on any atom is 0.130 e. The standard InChI is InChI=1S/C16H14O/c1-2-3-9-14-10-7-8-13-16(14)17-15-11-5-4-6-12-15/h1,4-8,10-13H,3,9H2. The summed E-state index contributed by atoms with van der Waals surface area (Å²) in [6, 6.07) is 17.8. The van der Waals surface area contributed by atoms with E-state index in [1.54, 1.807) is 0 Å². The van der Waals surface area contributed by atoms with Gasteiger partial charge in [0.1, 0.15) is 11.5 Å². The second-order valence-electron chi connectivity index (χ2n) is 3.73. The van der Waals surface area contributed by atoms with Crippen molar-refractivity contribution in [1.82, 2.24) is 0 Å². The summed E-state index contributed by atoms with van der Waals surface area (Å²) in [5, 5.41) is 0. The van der Waals surface area contributed by atoms with Gasteiger partial charge >= 0.3 is 0 Å². The molecule has 2 rings (SSSR count). The topological polar surface area (TPSA) is 9.23 Å². The minimum Gasteiger partial charge on any atom is -0.457 e. The van der Waals surface area contributed by atoms with Crippen molar-refractivity contribution in [1.29, 1.82) is 0 Å². The number of hydrogen-bond acceptors (Lipinski definition) is 1. The molecule has 0 saturated heterocycles. The Morgan fingerprint density at radius 2 is 1.65 bits per heavy atom. The zero-order chi connectivity index (χ0) is 11.9. The molecule has 0 aliphatic heterocycles. The van der Waals surface area contributed by atoms with E-state index in [-0.39, 0.29) is 0 Å². The molecule has 0 unspecified atom stereocenters. The minimum absolute atomic E-state index is 0.731. The Bertz CT molecular complexity index is 509. The van der Waals surface area contributed by atoms with Gasteiger partial charge in [-0.3, -0.25) is 0 Å². The highest BCUT2D eigenvalue weighted by atomic mass is 16.5. The zero-order valence-corrected chi connectivity index (χ0v) is 9.60. The van der Waals surface area contributed by atoms with Crippen LogP contribution in [0.3, 0.4) is 0 Å². The molecule has 84 valence electrons. The van der Waals surface area contributed by atoms with Gasteiger partial charge in [-0.2, -0.15) is 0 Å². The highest BCUT2D eigenvalue weighted by molar-refractivity contribution is 5.38. The van der Waals surface area contributed by atoms with E-state index in [2.05, 4.69) is 12.0 Å². The third kappa shape index (κ3) is 3.12. The molecule has 1 nitrogen and oxygen atoms in total. The van der Waals surface area contributed by atoms with Crippen molar-refractivity contribution >= 4 is 0 Å². The van der Waals surface area contributed by atoms with E-state index in [4.69, 9.17) is 11.2 Å². The van der Waals surface area contributed by atoms with Gasteiger partial charge in [-0.1, -0.05) is 36.4 Å². The molecule has 0 aromatic heterocycles. The summed E-state index contributed by atoms with van der Waals surface area (Å²) in [5.41, 5.74) is 1.15. The van der Waals surface area contributed by atoms with Crippen LogP contribution in [0.15, 0.2) is 54.6 Å². The van der Waals surface area contributed by atoms with E-state index in [1.807, 2.05) is 48.5 Å². The fourth-order valence-electron chi connectivity index (χ4n) is 1.63. The van der Waals surface area contributed by atoms with Gasteiger partial charge in [-0.05, 0) is 30.2 Å². The van der Waals surface area contributed by atoms with Crippen LogP contribution in [-0.2, 0) is 6.42 Å². The van der Waals surface area contributed by atoms with Gasteiger partial charge in [0, 0.05) is 6.42 Å². The molecule has 0 radical (unpaired) electrons. The second-order valence-corrected chi connectivity index (χ2v) is 3.73. The quantitative estimate of drug-likeness (QED) is 0.709. The first-order valence-corrected chi connectivity index (χ1v) is 5.64. The van der Waals surface area contributed by atoms with E-state index in [0.717, 1.165) is 29.9 Å². The van der Waals surface area contributed by atoms with Crippen LogP contribution < -0.4 is 4.74 Å². The van der Waals surface area contributed by atoms with Crippen molar-refractivity contribution in [3.8, 4) is 23.8 Å². The first kappa shape index (κ1) is 11.3. The Hall–Kier alpha value is -2.20. The maximum absolute atomic E-state index is 5.84. The largest absolute Gasteiger partial charge is 0.457 e. The Kier molecular flexibility index (Phi) is 3.83. The lowest BCUT2D eigenvalue weighted by Gasteiger charge is -2.09. The molecule has 0 aliphatic carbocycles. The van der Waals surface area contributed by atoms with Crippen LogP contribution in [-0.4, -0.2) is 0 Å². The lowest BCUT2D eigenvalue weighted by Crippen LogP contribution is -1.91. The van der Waals surface area contributed by atoms with Crippen molar-refractivity contribution < 1.29 is 4.74 Å². The number of rotatable bonds is 4. The molecule has 0 spiro atoms. The summed E-state index contributed by atoms with van der Waals surface area (Å²) in [6.07, 6.45) is 6.87. The highest BCUT2D eigenvalue weighted by Crippen LogP contribution is 2.25. The van der Waals surface area contributed by atoms with Crippen LogP contribution in [0.5, 0.6) is 11.5 Å². The van der Waals surface area contributed by atoms with Gasteiger partial charge in [0.05, 0.1) is 0 Å². The molecular formula is C16H14O. The molecule has 0 saturated carbocycles. The Balaban J connectivity index is 2.18. The lowest BCUT2D eigenvalue weighted by molar-refractivity contribution is 0.476. The molecule has 0 bridgehead atoms. The predicted molar refractivity (Wildman–Crippen MR) is 70.1 cm³/mol. The number of hydrogen-bond donors (Lipinski definition) is 0. The predicted octanol–water partition coefficient (Wildman–Crippen LogP) is 4.04. The van der Waals surface area contributed by atoms with Crippen LogP contribution >= 0.6 is 0 Å². The molecule has 0 aliphatic rings. The smallest absolute Gasteiger partial charge is 0.130 e.